The molecule has 0 saturated carbocycles. The van der Waals surface area contributed by atoms with Gasteiger partial charge in [0.25, 0.3) is 11.8 Å². The maximum absolute atomic E-state index is 12.0. The molecule has 0 aliphatic carbocycles. The van der Waals surface area contributed by atoms with Gasteiger partial charge >= 0.3 is 0 Å². The molecule has 2 aromatic carbocycles. The minimum atomic E-state index is -3.71. The van der Waals surface area contributed by atoms with Crippen molar-refractivity contribution >= 4 is 21.7 Å². The predicted octanol–water partition coefficient (Wildman–Crippen LogP) is 0.934. The molecule has 128 valence electrons. The molecule has 0 heterocycles. The molecule has 8 heteroatoms. The SMILES string of the molecule is N#Cc1ccc(CS(=O)(=O)CC(=O)NNC(=O)c2ccccc2)cc1. The highest BCUT2D eigenvalue weighted by Crippen LogP contribution is 2.08. The summed E-state index contributed by atoms with van der Waals surface area (Å²) in [5, 5.41) is 8.71. The average molecular weight is 357 g/mol. The molecule has 0 saturated heterocycles. The fourth-order valence-corrected chi connectivity index (χ4v) is 3.28. The van der Waals surface area contributed by atoms with Crippen LogP contribution < -0.4 is 10.9 Å². The van der Waals surface area contributed by atoms with Gasteiger partial charge in [0.1, 0.15) is 5.75 Å². The number of carbonyl (C=O) groups is 2. The number of nitriles is 1. The summed E-state index contributed by atoms with van der Waals surface area (Å²) in [6, 6.07) is 16.2. The number of rotatable bonds is 5. The van der Waals surface area contributed by atoms with Crippen molar-refractivity contribution in [2.45, 2.75) is 5.75 Å². The summed E-state index contributed by atoms with van der Waals surface area (Å²) in [7, 11) is -3.71. The molecule has 2 aromatic rings. The number of carbonyl (C=O) groups excluding carboxylic acids is 2. The van der Waals surface area contributed by atoms with Crippen LogP contribution in [0.5, 0.6) is 0 Å². The van der Waals surface area contributed by atoms with Gasteiger partial charge in [-0.1, -0.05) is 30.3 Å². The van der Waals surface area contributed by atoms with E-state index in [1.165, 1.54) is 24.3 Å². The Bertz CT molecular complexity index is 901. The summed E-state index contributed by atoms with van der Waals surface area (Å²) in [6.45, 7) is 0. The van der Waals surface area contributed by atoms with Gasteiger partial charge in [-0.15, -0.1) is 0 Å². The number of hydrogen-bond acceptors (Lipinski definition) is 5. The van der Waals surface area contributed by atoms with Crippen LogP contribution in [0.4, 0.5) is 0 Å². The smallest absolute Gasteiger partial charge is 0.269 e. The third-order valence-corrected chi connectivity index (χ3v) is 4.65. The first-order valence-electron chi connectivity index (χ1n) is 7.23. The van der Waals surface area contributed by atoms with Crippen LogP contribution in [-0.2, 0) is 20.4 Å². The van der Waals surface area contributed by atoms with E-state index >= 15 is 0 Å². The Morgan fingerprint density at radius 2 is 1.60 bits per heavy atom. The van der Waals surface area contributed by atoms with Crippen molar-refractivity contribution in [2.24, 2.45) is 0 Å². The summed E-state index contributed by atoms with van der Waals surface area (Å²) in [6.07, 6.45) is 0. The highest BCUT2D eigenvalue weighted by Gasteiger charge is 2.18. The van der Waals surface area contributed by atoms with Crippen LogP contribution in [0.1, 0.15) is 21.5 Å². The van der Waals surface area contributed by atoms with Crippen LogP contribution in [0.15, 0.2) is 54.6 Å². The number of hydrogen-bond donors (Lipinski definition) is 2. The summed E-state index contributed by atoms with van der Waals surface area (Å²) in [5.74, 6) is -2.47. The highest BCUT2D eigenvalue weighted by molar-refractivity contribution is 7.91. The van der Waals surface area contributed by atoms with Crippen molar-refractivity contribution < 1.29 is 18.0 Å². The number of nitrogens with zero attached hydrogens (tertiary/aromatic N) is 1. The largest absolute Gasteiger partial charge is 0.272 e. The van der Waals surface area contributed by atoms with Crippen molar-refractivity contribution in [3.63, 3.8) is 0 Å². The first kappa shape index (κ1) is 18.2. The molecule has 2 rings (SSSR count). The normalized spacial score (nSPS) is 10.5. The molecule has 7 nitrogen and oxygen atoms in total. The van der Waals surface area contributed by atoms with Crippen molar-refractivity contribution in [3.05, 3.63) is 71.3 Å². The zero-order valence-electron chi connectivity index (χ0n) is 13.1. The lowest BCUT2D eigenvalue weighted by Crippen LogP contribution is -2.44. The number of hydrazine groups is 1. The molecule has 0 aliphatic rings. The summed E-state index contributed by atoms with van der Waals surface area (Å²) >= 11 is 0. The topological polar surface area (TPSA) is 116 Å². The van der Waals surface area contributed by atoms with E-state index in [0.29, 0.717) is 16.7 Å². The van der Waals surface area contributed by atoms with Gasteiger partial charge in [0, 0.05) is 5.56 Å². The molecular formula is C17H15N3O4S. The lowest BCUT2D eigenvalue weighted by molar-refractivity contribution is -0.119. The Kier molecular flexibility index (Phi) is 5.87. The number of sulfone groups is 1. The number of benzene rings is 2. The maximum atomic E-state index is 12.0. The van der Waals surface area contributed by atoms with E-state index in [1.807, 2.05) is 6.07 Å². The second kappa shape index (κ2) is 8.08. The first-order valence-corrected chi connectivity index (χ1v) is 9.05. The van der Waals surface area contributed by atoms with E-state index in [1.54, 1.807) is 30.3 Å². The molecule has 2 amide bonds. The molecule has 0 atom stereocenters. The molecule has 0 aliphatic heterocycles. The van der Waals surface area contributed by atoms with Gasteiger partial charge in [0.15, 0.2) is 9.84 Å². The van der Waals surface area contributed by atoms with Crippen LogP contribution in [0.3, 0.4) is 0 Å². The van der Waals surface area contributed by atoms with E-state index in [-0.39, 0.29) is 5.75 Å². The second-order valence-electron chi connectivity index (χ2n) is 5.21. The van der Waals surface area contributed by atoms with Crippen molar-refractivity contribution in [2.75, 3.05) is 5.75 Å². The Morgan fingerprint density at radius 3 is 2.20 bits per heavy atom. The maximum Gasteiger partial charge on any atom is 0.269 e. The molecule has 0 unspecified atom stereocenters. The van der Waals surface area contributed by atoms with Crippen LogP contribution in [0.2, 0.25) is 0 Å². The highest BCUT2D eigenvalue weighted by atomic mass is 32.2. The predicted molar refractivity (Wildman–Crippen MR) is 90.7 cm³/mol. The van der Waals surface area contributed by atoms with Crippen molar-refractivity contribution in [3.8, 4) is 6.07 Å². The van der Waals surface area contributed by atoms with Crippen LogP contribution in [-0.4, -0.2) is 26.0 Å². The van der Waals surface area contributed by atoms with Crippen LogP contribution in [0.25, 0.3) is 0 Å². The zero-order valence-corrected chi connectivity index (χ0v) is 13.9. The molecule has 0 spiro atoms. The van der Waals surface area contributed by atoms with Gasteiger partial charge in [-0.3, -0.25) is 20.4 Å². The fraction of sp³-hybridized carbons (Fsp3) is 0.118. The second-order valence-corrected chi connectivity index (χ2v) is 7.27. The fourth-order valence-electron chi connectivity index (χ4n) is 2.00. The van der Waals surface area contributed by atoms with E-state index in [9.17, 15) is 18.0 Å². The first-order chi connectivity index (χ1) is 11.9. The van der Waals surface area contributed by atoms with Crippen LogP contribution >= 0.6 is 0 Å². The number of amides is 2. The minimum absolute atomic E-state index is 0.335. The Morgan fingerprint density at radius 1 is 0.960 bits per heavy atom. The zero-order chi connectivity index (χ0) is 18.3. The Labute approximate surface area is 145 Å². The van der Waals surface area contributed by atoms with Gasteiger partial charge in [-0.25, -0.2) is 8.42 Å². The average Bonchev–Trinajstić information content (AvgIpc) is 2.60. The third-order valence-electron chi connectivity index (χ3n) is 3.17. The Balaban J connectivity index is 1.88. The Hall–Kier alpha value is -3.18. The van der Waals surface area contributed by atoms with E-state index in [2.05, 4.69) is 10.9 Å². The lowest BCUT2D eigenvalue weighted by Gasteiger charge is -2.08. The van der Waals surface area contributed by atoms with E-state index in [4.69, 9.17) is 5.26 Å². The van der Waals surface area contributed by atoms with Gasteiger partial charge in [0.05, 0.1) is 17.4 Å². The third kappa shape index (κ3) is 5.75. The molecule has 0 fully saturated rings. The monoisotopic (exact) mass is 357 g/mol. The molecule has 0 aromatic heterocycles. The summed E-state index contributed by atoms with van der Waals surface area (Å²) in [4.78, 5) is 23.5. The summed E-state index contributed by atoms with van der Waals surface area (Å²) < 4.78 is 24.1. The van der Waals surface area contributed by atoms with Crippen molar-refractivity contribution in [1.82, 2.24) is 10.9 Å². The summed E-state index contributed by atoms with van der Waals surface area (Å²) in [5.41, 5.74) is 5.47. The molecule has 2 N–H and O–H groups in total. The molecule has 0 radical (unpaired) electrons. The van der Waals surface area contributed by atoms with Gasteiger partial charge < -0.3 is 0 Å². The van der Waals surface area contributed by atoms with Crippen molar-refractivity contribution in [1.29, 1.82) is 5.26 Å². The minimum Gasteiger partial charge on any atom is -0.272 e. The molecule has 0 bridgehead atoms. The van der Waals surface area contributed by atoms with Gasteiger partial charge in [0.2, 0.25) is 0 Å². The lowest BCUT2D eigenvalue weighted by atomic mass is 10.2. The number of nitrogens with one attached hydrogen (secondary N) is 2. The molecule has 25 heavy (non-hydrogen) atoms. The van der Waals surface area contributed by atoms with E-state index < -0.39 is 27.4 Å². The standard InChI is InChI=1S/C17H15N3O4S/c18-10-13-6-8-14(9-7-13)11-25(23,24)12-16(21)19-20-17(22)15-4-2-1-3-5-15/h1-9H,11-12H2,(H,19,21)(H,20,22). The van der Waals surface area contributed by atoms with E-state index in [0.717, 1.165) is 0 Å². The molecular weight excluding hydrogens is 342 g/mol. The van der Waals surface area contributed by atoms with Gasteiger partial charge in [-0.05, 0) is 29.8 Å². The quantitative estimate of drug-likeness (QED) is 0.772. The van der Waals surface area contributed by atoms with Gasteiger partial charge in [-0.2, -0.15) is 5.26 Å². The van der Waals surface area contributed by atoms with Crippen LogP contribution in [0, 0.1) is 11.3 Å².